The van der Waals surface area contributed by atoms with Crippen LogP contribution in [0.15, 0.2) is 0 Å². The first kappa shape index (κ1) is 32.5. The van der Waals surface area contributed by atoms with E-state index in [-0.39, 0.29) is 12.2 Å². The summed E-state index contributed by atoms with van der Waals surface area (Å²) >= 11 is 0. The summed E-state index contributed by atoms with van der Waals surface area (Å²) in [6.07, 6.45) is 7.44. The second kappa shape index (κ2) is 19.9. The van der Waals surface area contributed by atoms with Crippen LogP contribution in [0.3, 0.4) is 0 Å². The van der Waals surface area contributed by atoms with Crippen LogP contribution in [0.2, 0.25) is 24.2 Å². The van der Waals surface area contributed by atoms with Crippen molar-refractivity contribution in [3.05, 3.63) is 0 Å². The van der Waals surface area contributed by atoms with Crippen LogP contribution in [0.25, 0.3) is 0 Å². The molecule has 0 amide bonds. The molecular formula is C24H56O4Si2. The Morgan fingerprint density at radius 3 is 1.00 bits per heavy atom. The minimum atomic E-state index is -1.92. The Bertz CT molecular complexity index is 331. The zero-order chi connectivity index (χ0) is 23.5. The molecule has 0 saturated carbocycles. The molecule has 0 radical (unpaired) electrons. The zero-order valence-electron chi connectivity index (χ0n) is 22.3. The minimum absolute atomic E-state index is 0.286. The Morgan fingerprint density at radius 2 is 0.767 bits per heavy atom. The van der Waals surface area contributed by atoms with Crippen LogP contribution in [0.5, 0.6) is 0 Å². The van der Waals surface area contributed by atoms with Gasteiger partial charge in [-0.1, -0.05) is 67.2 Å². The van der Waals surface area contributed by atoms with E-state index in [2.05, 4.69) is 69.2 Å². The molecule has 0 aromatic rings. The third-order valence-electron chi connectivity index (χ3n) is 4.56. The smallest absolute Gasteiger partial charge is 0.338 e. The largest absolute Gasteiger partial charge is 0.394 e. The number of rotatable bonds is 18. The maximum Gasteiger partial charge on any atom is 0.338 e. The molecular weight excluding hydrogens is 408 g/mol. The molecule has 0 heterocycles. The van der Waals surface area contributed by atoms with E-state index >= 15 is 0 Å². The van der Waals surface area contributed by atoms with Gasteiger partial charge in [-0.05, 0) is 64.7 Å². The van der Waals surface area contributed by atoms with E-state index in [4.69, 9.17) is 17.7 Å². The molecule has 0 aromatic carbocycles. The lowest BCUT2D eigenvalue weighted by Crippen LogP contribution is -2.45. The van der Waals surface area contributed by atoms with Gasteiger partial charge in [-0.15, -0.1) is 0 Å². The molecule has 0 aliphatic rings. The Morgan fingerprint density at radius 1 is 0.467 bits per heavy atom. The summed E-state index contributed by atoms with van der Waals surface area (Å²) in [6, 6.07) is 4.55. The fourth-order valence-corrected chi connectivity index (χ4v) is 11.4. The Labute approximate surface area is 192 Å². The quantitative estimate of drug-likeness (QED) is 0.191. The molecule has 0 unspecified atom stereocenters. The molecule has 4 nitrogen and oxygen atoms in total. The topological polar surface area (TPSA) is 36.9 Å². The second-order valence-electron chi connectivity index (χ2n) is 8.85. The third kappa shape index (κ3) is 16.0. The van der Waals surface area contributed by atoms with Crippen LogP contribution in [0.1, 0.15) is 108 Å². The van der Waals surface area contributed by atoms with Crippen LogP contribution >= 0.6 is 0 Å². The predicted octanol–water partition coefficient (Wildman–Crippen LogP) is 8.20. The van der Waals surface area contributed by atoms with Crippen molar-refractivity contribution in [1.82, 2.24) is 0 Å². The van der Waals surface area contributed by atoms with Crippen molar-refractivity contribution < 1.29 is 17.7 Å². The summed E-state index contributed by atoms with van der Waals surface area (Å²) in [5.74, 6) is 0. The van der Waals surface area contributed by atoms with Crippen LogP contribution in [0, 0.1) is 0 Å². The highest BCUT2D eigenvalue weighted by Gasteiger charge is 2.37. The van der Waals surface area contributed by atoms with Crippen molar-refractivity contribution >= 4 is 17.1 Å². The van der Waals surface area contributed by atoms with E-state index in [0.29, 0.717) is 0 Å². The normalized spacial score (nSPS) is 12.4. The average Bonchev–Trinajstić information content (AvgIpc) is 2.65. The van der Waals surface area contributed by atoms with Crippen molar-refractivity contribution in [3.63, 3.8) is 0 Å². The van der Waals surface area contributed by atoms with Crippen molar-refractivity contribution in [2.24, 2.45) is 0 Å². The predicted molar refractivity (Wildman–Crippen MR) is 137 cm³/mol. The molecule has 0 aliphatic carbocycles. The van der Waals surface area contributed by atoms with E-state index < -0.39 is 17.1 Å². The van der Waals surface area contributed by atoms with Crippen molar-refractivity contribution in [3.8, 4) is 0 Å². The van der Waals surface area contributed by atoms with Gasteiger partial charge >= 0.3 is 17.1 Å². The molecule has 6 heteroatoms. The van der Waals surface area contributed by atoms with Gasteiger partial charge in [0.25, 0.3) is 0 Å². The van der Waals surface area contributed by atoms with Gasteiger partial charge in [0.05, 0.1) is 0 Å². The lowest BCUT2D eigenvalue weighted by Gasteiger charge is -2.34. The second-order valence-corrected chi connectivity index (χ2v) is 15.5. The minimum Gasteiger partial charge on any atom is -0.394 e. The summed E-state index contributed by atoms with van der Waals surface area (Å²) in [4.78, 5) is 0. The third-order valence-corrected chi connectivity index (χ3v) is 12.9. The summed E-state index contributed by atoms with van der Waals surface area (Å²) in [5.41, 5.74) is 0. The fraction of sp³-hybridized carbons (Fsp3) is 1.00. The number of hydrogen-bond acceptors (Lipinski definition) is 4. The van der Waals surface area contributed by atoms with Gasteiger partial charge in [0.1, 0.15) is 0 Å². The summed E-state index contributed by atoms with van der Waals surface area (Å²) in [7, 11) is -3.76. The van der Waals surface area contributed by atoms with Gasteiger partial charge < -0.3 is 17.7 Å². The fourth-order valence-electron chi connectivity index (χ4n) is 3.80. The van der Waals surface area contributed by atoms with E-state index in [1.165, 1.54) is 12.8 Å². The molecule has 0 N–H and O–H groups in total. The molecule has 0 saturated heterocycles. The molecule has 184 valence electrons. The Balaban J connectivity index is 0. The van der Waals surface area contributed by atoms with Gasteiger partial charge in [-0.3, -0.25) is 0 Å². The van der Waals surface area contributed by atoms with Crippen LogP contribution < -0.4 is 0 Å². The van der Waals surface area contributed by atoms with Crippen molar-refractivity contribution in [2.45, 2.75) is 144 Å². The van der Waals surface area contributed by atoms with E-state index in [1.54, 1.807) is 0 Å². The Hall–Kier alpha value is 0.274. The summed E-state index contributed by atoms with van der Waals surface area (Å²) < 4.78 is 24.4. The summed E-state index contributed by atoms with van der Waals surface area (Å²) in [6.45, 7) is 23.4. The number of hydrogen-bond donors (Lipinski definition) is 0. The van der Waals surface area contributed by atoms with E-state index in [9.17, 15) is 0 Å². The SMILES string of the molecule is CCCO[Si](CCC)(CCC)OCCC.CCC[Si](CCC)(OC(C)C)OC(C)C. The molecule has 0 bridgehead atoms. The first-order valence-corrected chi connectivity index (χ1v) is 17.3. The first-order chi connectivity index (χ1) is 14.2. The van der Waals surface area contributed by atoms with Gasteiger partial charge in [0.2, 0.25) is 0 Å². The van der Waals surface area contributed by atoms with Crippen molar-refractivity contribution in [2.75, 3.05) is 13.2 Å². The standard InChI is InChI=1S/2C12H28O2Si/c1-7-9-15(10-8-2,13-11(3)4)14-12(5)6;1-5-9-13-15(11-7-3,12-8-4)14-10-6-2/h11-12H,7-10H2,1-6H3;5-12H2,1-4H3. The van der Waals surface area contributed by atoms with Crippen LogP contribution in [0.4, 0.5) is 0 Å². The molecule has 0 rings (SSSR count). The molecule has 0 spiro atoms. The molecule has 0 fully saturated rings. The molecule has 0 aromatic heterocycles. The van der Waals surface area contributed by atoms with Crippen LogP contribution in [-0.2, 0) is 17.7 Å². The lowest BCUT2D eigenvalue weighted by atomic mass is 10.5. The van der Waals surface area contributed by atoms with E-state index in [0.717, 1.165) is 63.1 Å². The molecule has 30 heavy (non-hydrogen) atoms. The highest BCUT2D eigenvalue weighted by atomic mass is 28.4. The highest BCUT2D eigenvalue weighted by Crippen LogP contribution is 2.26. The zero-order valence-corrected chi connectivity index (χ0v) is 24.3. The monoisotopic (exact) mass is 464 g/mol. The summed E-state index contributed by atoms with van der Waals surface area (Å²) in [5, 5.41) is 0. The molecule has 0 aliphatic heterocycles. The maximum atomic E-state index is 6.15. The average molecular weight is 465 g/mol. The van der Waals surface area contributed by atoms with Crippen molar-refractivity contribution in [1.29, 1.82) is 0 Å². The van der Waals surface area contributed by atoms with Gasteiger partial charge in [-0.25, -0.2) is 0 Å². The Kier molecular flexibility index (Phi) is 21.6. The van der Waals surface area contributed by atoms with Gasteiger partial charge in [-0.2, -0.15) is 0 Å². The first-order valence-electron chi connectivity index (χ1n) is 12.8. The van der Waals surface area contributed by atoms with Gasteiger partial charge in [0.15, 0.2) is 0 Å². The van der Waals surface area contributed by atoms with E-state index in [1.807, 2.05) is 0 Å². The molecule has 0 atom stereocenters. The highest BCUT2D eigenvalue weighted by molar-refractivity contribution is 6.67. The van der Waals surface area contributed by atoms with Crippen LogP contribution in [-0.4, -0.2) is 42.5 Å². The lowest BCUT2D eigenvalue weighted by molar-refractivity contribution is 0.104. The maximum absolute atomic E-state index is 6.15. The van der Waals surface area contributed by atoms with Gasteiger partial charge in [0, 0.05) is 25.4 Å².